The number of allylic oxidation sites excluding steroid dienone is 1. The Bertz CT molecular complexity index is 637. The van der Waals surface area contributed by atoms with Crippen LogP contribution < -0.4 is 5.32 Å². The molecule has 28 heavy (non-hydrogen) atoms. The maximum atomic E-state index is 13.3. The molecule has 1 saturated heterocycles. The number of hydrogen-bond donors (Lipinski definition) is 1. The monoisotopic (exact) mass is 384 g/mol. The Hall–Kier alpha value is -1.61. The van der Waals surface area contributed by atoms with Crippen molar-refractivity contribution < 1.29 is 4.79 Å². The maximum Gasteiger partial charge on any atom is 0.226 e. The summed E-state index contributed by atoms with van der Waals surface area (Å²) in [5.74, 6) is 1.02. The number of nitrogens with zero attached hydrogens (tertiary/aromatic N) is 1. The fourth-order valence-electron chi connectivity index (χ4n) is 4.26. The van der Waals surface area contributed by atoms with Crippen molar-refractivity contribution in [2.75, 3.05) is 19.6 Å². The van der Waals surface area contributed by atoms with Crippen LogP contribution in [-0.4, -0.2) is 36.5 Å². The van der Waals surface area contributed by atoms with Gasteiger partial charge in [0.25, 0.3) is 0 Å². The minimum atomic E-state index is -0.382. The number of amides is 1. The van der Waals surface area contributed by atoms with Crippen LogP contribution in [0.2, 0.25) is 0 Å². The number of likely N-dealkylation sites (tertiary alicyclic amines) is 1. The average Bonchev–Trinajstić information content (AvgIpc) is 2.68. The first-order valence-corrected chi connectivity index (χ1v) is 11.1. The number of aryl methyl sites for hydroxylation is 1. The number of nitrogens with one attached hydrogen (secondary N) is 1. The lowest BCUT2D eigenvalue weighted by atomic mass is 9.75. The van der Waals surface area contributed by atoms with E-state index in [1.807, 2.05) is 0 Å². The molecule has 0 bridgehead atoms. The van der Waals surface area contributed by atoms with Gasteiger partial charge in [-0.15, -0.1) is 0 Å². The van der Waals surface area contributed by atoms with E-state index in [1.165, 1.54) is 18.4 Å². The second kappa shape index (κ2) is 10.2. The first-order chi connectivity index (χ1) is 13.3. The number of benzene rings is 1. The van der Waals surface area contributed by atoms with Crippen molar-refractivity contribution in [2.24, 2.45) is 11.3 Å². The SMILES string of the molecule is C=C(CC(CC)(CC)C(=O)NC(C)CN1CCC(C)CC1)c1ccc(C)cc1. The quantitative estimate of drug-likeness (QED) is 0.615. The van der Waals surface area contributed by atoms with Crippen molar-refractivity contribution in [3.8, 4) is 0 Å². The van der Waals surface area contributed by atoms with Crippen LogP contribution in [0.5, 0.6) is 0 Å². The zero-order valence-electron chi connectivity index (χ0n) is 18.7. The van der Waals surface area contributed by atoms with Gasteiger partial charge in [-0.25, -0.2) is 0 Å². The summed E-state index contributed by atoms with van der Waals surface area (Å²) in [6.07, 6.45) is 4.90. The Balaban J connectivity index is 1.99. The van der Waals surface area contributed by atoms with Gasteiger partial charge in [-0.3, -0.25) is 4.79 Å². The molecule has 3 heteroatoms. The van der Waals surface area contributed by atoms with E-state index in [4.69, 9.17) is 0 Å². The largest absolute Gasteiger partial charge is 0.352 e. The fourth-order valence-corrected chi connectivity index (χ4v) is 4.26. The Morgan fingerprint density at radius 3 is 2.32 bits per heavy atom. The number of rotatable bonds is 9. The van der Waals surface area contributed by atoms with Crippen molar-refractivity contribution in [1.82, 2.24) is 10.2 Å². The summed E-state index contributed by atoms with van der Waals surface area (Å²) in [6.45, 7) is 18.4. The lowest BCUT2D eigenvalue weighted by Crippen LogP contribution is -2.49. The molecule has 0 saturated carbocycles. The van der Waals surface area contributed by atoms with Crippen LogP contribution in [0.15, 0.2) is 30.8 Å². The van der Waals surface area contributed by atoms with E-state index < -0.39 is 0 Å². The maximum absolute atomic E-state index is 13.3. The van der Waals surface area contributed by atoms with Gasteiger partial charge in [0, 0.05) is 12.6 Å². The van der Waals surface area contributed by atoms with Crippen LogP contribution >= 0.6 is 0 Å². The molecule has 1 unspecified atom stereocenters. The smallest absolute Gasteiger partial charge is 0.226 e. The van der Waals surface area contributed by atoms with Gasteiger partial charge in [0.1, 0.15) is 0 Å². The molecule has 156 valence electrons. The molecule has 2 rings (SSSR count). The standard InChI is InChI=1S/C25H40N2O/c1-7-25(8-2,17-21(5)23-11-9-19(3)10-12-23)24(28)26-22(6)18-27-15-13-20(4)14-16-27/h9-12,20,22H,5,7-8,13-18H2,1-4,6H3,(H,26,28). The van der Waals surface area contributed by atoms with Gasteiger partial charge in [0.2, 0.25) is 5.91 Å². The summed E-state index contributed by atoms with van der Waals surface area (Å²) in [4.78, 5) is 15.8. The van der Waals surface area contributed by atoms with Crippen molar-refractivity contribution in [3.63, 3.8) is 0 Å². The van der Waals surface area contributed by atoms with Crippen LogP contribution in [0.25, 0.3) is 5.57 Å². The van der Waals surface area contributed by atoms with E-state index in [9.17, 15) is 4.79 Å². The molecule has 0 aliphatic carbocycles. The third-order valence-corrected chi connectivity index (χ3v) is 6.63. The van der Waals surface area contributed by atoms with Gasteiger partial charge < -0.3 is 10.2 Å². The van der Waals surface area contributed by atoms with E-state index in [2.05, 4.69) is 75.7 Å². The molecule has 1 aliphatic rings. The predicted octanol–water partition coefficient (Wildman–Crippen LogP) is 5.44. The normalized spacial score (nSPS) is 17.3. The average molecular weight is 385 g/mol. The minimum absolute atomic E-state index is 0.172. The Morgan fingerprint density at radius 1 is 1.21 bits per heavy atom. The van der Waals surface area contributed by atoms with Gasteiger partial charge >= 0.3 is 0 Å². The Kier molecular flexibility index (Phi) is 8.30. The van der Waals surface area contributed by atoms with Crippen molar-refractivity contribution in [3.05, 3.63) is 42.0 Å². The Labute approximate surface area is 172 Å². The third kappa shape index (κ3) is 5.94. The molecule has 1 N–H and O–H groups in total. The highest BCUT2D eigenvalue weighted by Gasteiger charge is 2.36. The van der Waals surface area contributed by atoms with Crippen LogP contribution in [-0.2, 0) is 4.79 Å². The molecule has 1 aromatic carbocycles. The molecule has 0 aromatic heterocycles. The van der Waals surface area contributed by atoms with Gasteiger partial charge in [0.15, 0.2) is 0 Å². The van der Waals surface area contributed by atoms with Gasteiger partial charge in [-0.05, 0) is 76.1 Å². The van der Waals surface area contributed by atoms with Crippen LogP contribution in [0.1, 0.15) is 70.9 Å². The summed E-state index contributed by atoms with van der Waals surface area (Å²) in [5, 5.41) is 3.33. The highest BCUT2D eigenvalue weighted by Crippen LogP contribution is 2.37. The second-order valence-electron chi connectivity index (χ2n) is 8.99. The Morgan fingerprint density at radius 2 is 1.79 bits per heavy atom. The molecule has 0 radical (unpaired) electrons. The summed E-state index contributed by atoms with van der Waals surface area (Å²) < 4.78 is 0. The van der Waals surface area contributed by atoms with Crippen molar-refractivity contribution >= 4 is 11.5 Å². The van der Waals surface area contributed by atoms with Crippen LogP contribution in [0.3, 0.4) is 0 Å². The predicted molar refractivity (Wildman–Crippen MR) is 120 cm³/mol. The second-order valence-corrected chi connectivity index (χ2v) is 8.99. The molecule has 1 amide bonds. The molecular formula is C25H40N2O. The number of hydrogen-bond acceptors (Lipinski definition) is 2. The van der Waals surface area contributed by atoms with Gasteiger partial charge in [0.05, 0.1) is 5.41 Å². The lowest BCUT2D eigenvalue weighted by molar-refractivity contribution is -0.132. The molecular weight excluding hydrogens is 344 g/mol. The highest BCUT2D eigenvalue weighted by molar-refractivity contribution is 5.85. The molecule has 0 spiro atoms. The first-order valence-electron chi connectivity index (χ1n) is 11.1. The highest BCUT2D eigenvalue weighted by atomic mass is 16.2. The third-order valence-electron chi connectivity index (χ3n) is 6.63. The first kappa shape index (κ1) is 22.7. The van der Waals surface area contributed by atoms with Crippen LogP contribution in [0, 0.1) is 18.3 Å². The van der Waals surface area contributed by atoms with E-state index in [0.717, 1.165) is 49.5 Å². The molecule has 1 aromatic rings. The number of piperidine rings is 1. The van der Waals surface area contributed by atoms with Gasteiger partial charge in [-0.1, -0.05) is 57.2 Å². The molecule has 3 nitrogen and oxygen atoms in total. The summed E-state index contributed by atoms with van der Waals surface area (Å²) in [5.41, 5.74) is 3.05. The molecule has 1 fully saturated rings. The lowest BCUT2D eigenvalue weighted by Gasteiger charge is -2.35. The zero-order chi connectivity index (χ0) is 20.7. The van der Waals surface area contributed by atoms with E-state index in [-0.39, 0.29) is 17.4 Å². The summed E-state index contributed by atoms with van der Waals surface area (Å²) in [6, 6.07) is 8.63. The molecule has 1 atom stereocenters. The topological polar surface area (TPSA) is 32.3 Å². The molecule has 1 aliphatic heterocycles. The van der Waals surface area contributed by atoms with E-state index >= 15 is 0 Å². The molecule has 1 heterocycles. The van der Waals surface area contributed by atoms with Crippen LogP contribution in [0.4, 0.5) is 0 Å². The fraction of sp³-hybridized carbons (Fsp3) is 0.640. The van der Waals surface area contributed by atoms with Crippen molar-refractivity contribution in [2.45, 2.75) is 72.8 Å². The minimum Gasteiger partial charge on any atom is -0.352 e. The number of carbonyl (C=O) groups is 1. The van der Waals surface area contributed by atoms with E-state index in [1.54, 1.807) is 0 Å². The zero-order valence-corrected chi connectivity index (χ0v) is 18.7. The number of carbonyl (C=O) groups excluding carboxylic acids is 1. The summed E-state index contributed by atoms with van der Waals surface area (Å²) >= 11 is 0. The van der Waals surface area contributed by atoms with E-state index in [0.29, 0.717) is 6.42 Å². The van der Waals surface area contributed by atoms with Crippen molar-refractivity contribution in [1.29, 1.82) is 0 Å². The summed E-state index contributed by atoms with van der Waals surface area (Å²) in [7, 11) is 0. The van der Waals surface area contributed by atoms with Gasteiger partial charge in [-0.2, -0.15) is 0 Å².